The molecule has 0 aromatic carbocycles. The van der Waals surface area contributed by atoms with Gasteiger partial charge in [-0.15, -0.1) is 0 Å². The molecular weight excluding hydrogens is 236 g/mol. The minimum absolute atomic E-state index is 0.0154. The van der Waals surface area contributed by atoms with E-state index >= 15 is 0 Å². The van der Waals surface area contributed by atoms with E-state index in [2.05, 4.69) is 20.7 Å². The van der Waals surface area contributed by atoms with Crippen LogP contribution in [0.5, 0.6) is 0 Å². The highest BCUT2D eigenvalue weighted by molar-refractivity contribution is 9.10. The summed E-state index contributed by atoms with van der Waals surface area (Å²) in [6, 6.07) is 0. The number of Topliss-reactive ketones (excluding diaryl/α,β-unsaturated/α-hetero) is 1. The van der Waals surface area contributed by atoms with Gasteiger partial charge in [0.15, 0.2) is 5.78 Å². The predicted molar refractivity (Wildman–Crippen MR) is 49.4 cm³/mol. The number of ketones is 1. The topological polar surface area (TPSA) is 43.4 Å². The molecule has 2 aliphatic rings. The average molecular weight is 247 g/mol. The van der Waals surface area contributed by atoms with Crippen molar-refractivity contribution >= 4 is 27.7 Å². The number of methoxy groups -OCH3 is 1. The molecule has 0 unspecified atom stereocenters. The molecule has 0 aromatic rings. The van der Waals surface area contributed by atoms with Crippen LogP contribution in [0.2, 0.25) is 0 Å². The molecule has 2 saturated carbocycles. The summed E-state index contributed by atoms with van der Waals surface area (Å²) in [6.45, 7) is 0. The quantitative estimate of drug-likeness (QED) is 0.515. The Bertz CT molecular complexity index is 264. The molecule has 2 bridgehead atoms. The zero-order chi connectivity index (χ0) is 9.59. The molecule has 0 N–H and O–H groups in total. The summed E-state index contributed by atoms with van der Waals surface area (Å²) < 4.78 is 4.66. The molecule has 4 heteroatoms. The molecule has 13 heavy (non-hydrogen) atoms. The lowest BCUT2D eigenvalue weighted by Gasteiger charge is -2.21. The number of esters is 1. The van der Waals surface area contributed by atoms with Crippen molar-refractivity contribution in [2.24, 2.45) is 17.8 Å². The standard InChI is InChI=1S/C9H11BrO3/c1-13-9(12)6-3-4-2-5(6)8(11)7(4)10/h4-7H,2-3H2,1H3/t4-,5-,6+,7+/m1/s1. The van der Waals surface area contributed by atoms with Crippen molar-refractivity contribution in [3.05, 3.63) is 0 Å². The van der Waals surface area contributed by atoms with Crippen LogP contribution in [-0.4, -0.2) is 23.7 Å². The van der Waals surface area contributed by atoms with E-state index in [-0.39, 0.29) is 28.4 Å². The van der Waals surface area contributed by atoms with E-state index in [1.807, 2.05) is 0 Å². The highest BCUT2D eigenvalue weighted by Crippen LogP contribution is 2.49. The molecule has 0 amide bonds. The van der Waals surface area contributed by atoms with Crippen LogP contribution in [0.25, 0.3) is 0 Å². The van der Waals surface area contributed by atoms with Gasteiger partial charge in [-0.2, -0.15) is 0 Å². The summed E-state index contributed by atoms with van der Waals surface area (Å²) in [5, 5.41) is 0. The van der Waals surface area contributed by atoms with Crippen molar-refractivity contribution in [1.82, 2.24) is 0 Å². The zero-order valence-corrected chi connectivity index (χ0v) is 8.91. The van der Waals surface area contributed by atoms with Gasteiger partial charge in [0.1, 0.15) is 0 Å². The molecule has 2 fully saturated rings. The SMILES string of the molecule is COC(=O)[C@H]1C[C@H]2C[C@H]1C(=O)[C@H]2Br. The molecule has 2 rings (SSSR count). The smallest absolute Gasteiger partial charge is 0.309 e. The van der Waals surface area contributed by atoms with Gasteiger partial charge in [0.25, 0.3) is 0 Å². The average Bonchev–Trinajstić information content (AvgIpc) is 2.67. The van der Waals surface area contributed by atoms with E-state index < -0.39 is 0 Å². The van der Waals surface area contributed by atoms with Crippen LogP contribution < -0.4 is 0 Å². The summed E-state index contributed by atoms with van der Waals surface area (Å²) in [4.78, 5) is 22.8. The number of alkyl halides is 1. The van der Waals surface area contributed by atoms with Crippen molar-refractivity contribution in [2.45, 2.75) is 17.7 Å². The number of ether oxygens (including phenoxy) is 1. The summed E-state index contributed by atoms with van der Waals surface area (Å²) in [7, 11) is 1.38. The number of halogens is 1. The van der Waals surface area contributed by atoms with E-state index in [9.17, 15) is 9.59 Å². The van der Waals surface area contributed by atoms with Gasteiger partial charge in [-0.05, 0) is 18.8 Å². The Hall–Kier alpha value is -0.380. The van der Waals surface area contributed by atoms with Crippen molar-refractivity contribution < 1.29 is 14.3 Å². The number of hydrogen-bond acceptors (Lipinski definition) is 3. The van der Waals surface area contributed by atoms with Gasteiger partial charge in [-0.25, -0.2) is 0 Å². The Kier molecular flexibility index (Phi) is 2.18. The summed E-state index contributed by atoms with van der Waals surface area (Å²) in [5.41, 5.74) is 0. The fourth-order valence-corrected chi connectivity index (χ4v) is 3.25. The first-order chi connectivity index (χ1) is 6.15. The van der Waals surface area contributed by atoms with E-state index in [1.165, 1.54) is 7.11 Å². The number of hydrogen-bond donors (Lipinski definition) is 0. The molecule has 72 valence electrons. The third-order valence-electron chi connectivity index (χ3n) is 3.15. The number of fused-ring (bicyclic) bond motifs is 2. The van der Waals surface area contributed by atoms with Gasteiger partial charge >= 0.3 is 5.97 Å². The molecule has 2 aliphatic carbocycles. The number of carbonyl (C=O) groups excluding carboxylic acids is 2. The summed E-state index contributed by atoms with van der Waals surface area (Å²) >= 11 is 3.36. The van der Waals surface area contributed by atoms with Gasteiger partial charge in [0.05, 0.1) is 17.9 Å². The van der Waals surface area contributed by atoms with Gasteiger partial charge in [0.2, 0.25) is 0 Å². The second-order valence-corrected chi connectivity index (χ2v) is 4.76. The molecular formula is C9H11BrO3. The molecule has 0 radical (unpaired) electrons. The minimum Gasteiger partial charge on any atom is -0.469 e. The molecule has 3 nitrogen and oxygen atoms in total. The van der Waals surface area contributed by atoms with Gasteiger partial charge in [-0.1, -0.05) is 15.9 Å². The first kappa shape index (κ1) is 9.19. The summed E-state index contributed by atoms with van der Waals surface area (Å²) in [6.07, 6.45) is 1.66. The maximum absolute atomic E-state index is 11.5. The Morgan fingerprint density at radius 3 is 2.69 bits per heavy atom. The Morgan fingerprint density at radius 1 is 1.54 bits per heavy atom. The Labute approximate surface area is 85.0 Å². The maximum atomic E-state index is 11.5. The van der Waals surface area contributed by atoms with Crippen LogP contribution in [0.3, 0.4) is 0 Å². The molecule has 0 spiro atoms. The molecule has 4 atom stereocenters. The Balaban J connectivity index is 2.14. The lowest BCUT2D eigenvalue weighted by Crippen LogP contribution is -2.33. The van der Waals surface area contributed by atoms with Crippen LogP contribution in [0.1, 0.15) is 12.8 Å². The van der Waals surface area contributed by atoms with Crippen molar-refractivity contribution in [3.8, 4) is 0 Å². The lowest BCUT2D eigenvalue weighted by atomic mass is 9.88. The van der Waals surface area contributed by atoms with Crippen molar-refractivity contribution in [2.75, 3.05) is 7.11 Å². The summed E-state index contributed by atoms with van der Waals surface area (Å²) in [5.74, 6) is 0.0617. The molecule has 0 aliphatic heterocycles. The first-order valence-electron chi connectivity index (χ1n) is 4.40. The highest BCUT2D eigenvalue weighted by atomic mass is 79.9. The molecule has 0 saturated heterocycles. The first-order valence-corrected chi connectivity index (χ1v) is 5.32. The van der Waals surface area contributed by atoms with Gasteiger partial charge < -0.3 is 4.74 Å². The molecule has 0 heterocycles. The van der Waals surface area contributed by atoms with Crippen LogP contribution in [0, 0.1) is 17.8 Å². The van der Waals surface area contributed by atoms with E-state index in [0.717, 1.165) is 12.8 Å². The van der Waals surface area contributed by atoms with Crippen LogP contribution in [-0.2, 0) is 14.3 Å². The third kappa shape index (κ3) is 1.23. The van der Waals surface area contributed by atoms with E-state index in [1.54, 1.807) is 0 Å². The van der Waals surface area contributed by atoms with Crippen molar-refractivity contribution in [3.63, 3.8) is 0 Å². The van der Waals surface area contributed by atoms with Crippen LogP contribution >= 0.6 is 15.9 Å². The highest BCUT2D eigenvalue weighted by Gasteiger charge is 2.53. The largest absolute Gasteiger partial charge is 0.469 e. The fraction of sp³-hybridized carbons (Fsp3) is 0.778. The minimum atomic E-state index is -0.222. The third-order valence-corrected chi connectivity index (χ3v) is 4.35. The Morgan fingerprint density at radius 2 is 2.23 bits per heavy atom. The van der Waals surface area contributed by atoms with Gasteiger partial charge in [-0.3, -0.25) is 9.59 Å². The second kappa shape index (κ2) is 3.08. The van der Waals surface area contributed by atoms with E-state index in [0.29, 0.717) is 5.92 Å². The number of rotatable bonds is 1. The maximum Gasteiger partial charge on any atom is 0.309 e. The normalized spacial score (nSPS) is 42.5. The van der Waals surface area contributed by atoms with Gasteiger partial charge in [0, 0.05) is 5.92 Å². The van der Waals surface area contributed by atoms with E-state index in [4.69, 9.17) is 0 Å². The monoisotopic (exact) mass is 246 g/mol. The predicted octanol–water partition coefficient (Wildman–Crippen LogP) is 1.15. The van der Waals surface area contributed by atoms with Crippen molar-refractivity contribution in [1.29, 1.82) is 0 Å². The van der Waals surface area contributed by atoms with Crippen LogP contribution in [0.15, 0.2) is 0 Å². The lowest BCUT2D eigenvalue weighted by molar-refractivity contribution is -0.149. The second-order valence-electron chi connectivity index (χ2n) is 3.77. The fourth-order valence-electron chi connectivity index (χ4n) is 2.48. The zero-order valence-electron chi connectivity index (χ0n) is 7.33. The molecule has 0 aromatic heterocycles. The number of carbonyl (C=O) groups is 2. The van der Waals surface area contributed by atoms with Crippen LogP contribution in [0.4, 0.5) is 0 Å².